The molecule has 0 amide bonds. The van der Waals surface area contributed by atoms with E-state index in [0.29, 0.717) is 24.2 Å². The largest absolute Gasteiger partial charge is 0.462 e. The fourth-order valence-electron chi connectivity index (χ4n) is 4.87. The molecule has 4 heteroatoms. The number of esters is 1. The van der Waals surface area contributed by atoms with Gasteiger partial charge >= 0.3 is 5.97 Å². The Bertz CT molecular complexity index is 1090. The molecule has 0 unspecified atom stereocenters. The highest BCUT2D eigenvalue weighted by Crippen LogP contribution is 2.45. The van der Waals surface area contributed by atoms with Crippen LogP contribution < -0.4 is 5.32 Å². The van der Waals surface area contributed by atoms with Gasteiger partial charge < -0.3 is 10.1 Å². The third-order valence-electron chi connectivity index (χ3n) is 6.59. The molecule has 0 saturated heterocycles. The summed E-state index contributed by atoms with van der Waals surface area (Å²) in [6.45, 7) is 8.42. The van der Waals surface area contributed by atoms with Gasteiger partial charge in [-0.15, -0.1) is 0 Å². The van der Waals surface area contributed by atoms with E-state index in [2.05, 4.69) is 48.6 Å². The number of aryl methyl sites for hydroxylation is 1. The molecule has 2 atom stereocenters. The van der Waals surface area contributed by atoms with Crippen molar-refractivity contribution in [1.29, 1.82) is 0 Å². The lowest BCUT2D eigenvalue weighted by atomic mass is 9.71. The molecule has 1 heterocycles. The third-order valence-corrected chi connectivity index (χ3v) is 6.59. The number of hydrogen-bond donors (Lipinski definition) is 1. The standard InChI is InChI=1S/C29H33NO3/c1-5-20-11-13-22(14-12-20)27-26(29(32)33-17-18(2)3)19(4)30-24-15-23(16-25(31)28(24)27)21-9-7-6-8-10-21/h6-14,18,23,27,30H,5,15-17H2,1-4H3/t23-,27+/m0/s1. The van der Waals surface area contributed by atoms with Gasteiger partial charge in [-0.05, 0) is 48.3 Å². The van der Waals surface area contributed by atoms with Gasteiger partial charge in [-0.2, -0.15) is 0 Å². The maximum absolute atomic E-state index is 13.6. The molecule has 0 fully saturated rings. The minimum Gasteiger partial charge on any atom is -0.462 e. The SMILES string of the molecule is CCc1ccc([C@@H]2C(C(=O)OCC(C)C)=C(C)NC3=C2C(=O)C[C@@H](c2ccccc2)C3)cc1. The lowest BCUT2D eigenvalue weighted by Gasteiger charge is -2.36. The molecule has 0 spiro atoms. The molecule has 0 radical (unpaired) electrons. The summed E-state index contributed by atoms with van der Waals surface area (Å²) < 4.78 is 5.64. The van der Waals surface area contributed by atoms with E-state index in [1.165, 1.54) is 11.1 Å². The van der Waals surface area contributed by atoms with E-state index in [1.807, 2.05) is 39.0 Å². The predicted molar refractivity (Wildman–Crippen MR) is 131 cm³/mol. The van der Waals surface area contributed by atoms with Gasteiger partial charge in [0.05, 0.1) is 12.2 Å². The van der Waals surface area contributed by atoms with Crippen LogP contribution in [0.1, 0.15) is 69.1 Å². The fourth-order valence-corrected chi connectivity index (χ4v) is 4.87. The number of carbonyl (C=O) groups excluding carboxylic acids is 2. The van der Waals surface area contributed by atoms with Crippen LogP contribution in [0.5, 0.6) is 0 Å². The average molecular weight is 444 g/mol. The van der Waals surface area contributed by atoms with E-state index >= 15 is 0 Å². The van der Waals surface area contributed by atoms with Crippen LogP contribution >= 0.6 is 0 Å². The Balaban J connectivity index is 1.76. The average Bonchev–Trinajstić information content (AvgIpc) is 2.82. The van der Waals surface area contributed by atoms with Gasteiger partial charge in [0.15, 0.2) is 5.78 Å². The van der Waals surface area contributed by atoms with Crippen LogP contribution in [0.15, 0.2) is 77.1 Å². The Hall–Kier alpha value is -3.14. The molecular formula is C29H33NO3. The summed E-state index contributed by atoms with van der Waals surface area (Å²) in [7, 11) is 0. The Morgan fingerprint density at radius 3 is 2.36 bits per heavy atom. The summed E-state index contributed by atoms with van der Waals surface area (Å²) in [5, 5.41) is 3.43. The molecule has 2 aliphatic rings. The van der Waals surface area contributed by atoms with Crippen LogP contribution in [0.3, 0.4) is 0 Å². The van der Waals surface area contributed by atoms with Gasteiger partial charge in [0.1, 0.15) is 0 Å². The van der Waals surface area contributed by atoms with E-state index < -0.39 is 5.92 Å². The second-order valence-corrected chi connectivity index (χ2v) is 9.52. The van der Waals surface area contributed by atoms with Gasteiger partial charge in [-0.25, -0.2) is 4.79 Å². The first-order valence-electron chi connectivity index (χ1n) is 11.9. The van der Waals surface area contributed by atoms with Crippen LogP contribution in [-0.4, -0.2) is 18.4 Å². The summed E-state index contributed by atoms with van der Waals surface area (Å²) in [6, 6.07) is 18.5. The zero-order valence-corrected chi connectivity index (χ0v) is 20.0. The Labute approximate surface area is 196 Å². The van der Waals surface area contributed by atoms with E-state index in [-0.39, 0.29) is 23.6 Å². The van der Waals surface area contributed by atoms with Crippen molar-refractivity contribution in [3.05, 3.63) is 93.8 Å². The maximum Gasteiger partial charge on any atom is 0.336 e. The number of Topliss-reactive ketones (excluding diaryl/α,β-unsaturated/α-hetero) is 1. The van der Waals surface area contributed by atoms with Gasteiger partial charge in [-0.3, -0.25) is 4.79 Å². The number of ether oxygens (including phenoxy) is 1. The van der Waals surface area contributed by atoms with E-state index in [1.54, 1.807) is 0 Å². The van der Waals surface area contributed by atoms with Crippen molar-refractivity contribution in [3.8, 4) is 0 Å². The second kappa shape index (κ2) is 9.78. The molecule has 1 aliphatic heterocycles. The monoisotopic (exact) mass is 443 g/mol. The summed E-state index contributed by atoms with van der Waals surface area (Å²) in [5.74, 6) is -0.274. The number of rotatable bonds is 6. The number of nitrogens with one attached hydrogen (secondary N) is 1. The van der Waals surface area contributed by atoms with Crippen molar-refractivity contribution in [1.82, 2.24) is 5.32 Å². The first kappa shape index (κ1) is 23.0. The number of dihydropyridines is 1. The lowest BCUT2D eigenvalue weighted by Crippen LogP contribution is -2.36. The normalized spacial score (nSPS) is 20.6. The molecule has 33 heavy (non-hydrogen) atoms. The topological polar surface area (TPSA) is 55.4 Å². The van der Waals surface area contributed by atoms with Crippen molar-refractivity contribution in [2.45, 2.75) is 58.8 Å². The van der Waals surface area contributed by atoms with Crippen LogP contribution in [0.2, 0.25) is 0 Å². The minimum atomic E-state index is -0.406. The Morgan fingerprint density at radius 2 is 1.73 bits per heavy atom. The Morgan fingerprint density at radius 1 is 1.03 bits per heavy atom. The molecule has 172 valence electrons. The smallest absolute Gasteiger partial charge is 0.336 e. The highest BCUT2D eigenvalue weighted by molar-refractivity contribution is 6.04. The molecule has 0 bridgehead atoms. The number of benzene rings is 2. The first-order chi connectivity index (χ1) is 15.9. The van der Waals surface area contributed by atoms with Crippen LogP contribution in [0.25, 0.3) is 0 Å². The summed E-state index contributed by atoms with van der Waals surface area (Å²) in [6.07, 6.45) is 2.14. The number of hydrogen-bond acceptors (Lipinski definition) is 4. The zero-order valence-electron chi connectivity index (χ0n) is 20.0. The van der Waals surface area contributed by atoms with Crippen molar-refractivity contribution in [2.24, 2.45) is 5.92 Å². The minimum absolute atomic E-state index is 0.101. The van der Waals surface area contributed by atoms with Crippen molar-refractivity contribution in [3.63, 3.8) is 0 Å². The summed E-state index contributed by atoms with van der Waals surface area (Å²) >= 11 is 0. The van der Waals surface area contributed by atoms with E-state index in [4.69, 9.17) is 4.74 Å². The lowest BCUT2D eigenvalue weighted by molar-refractivity contribution is -0.140. The molecule has 0 aromatic heterocycles. The number of allylic oxidation sites excluding steroid dienone is 3. The van der Waals surface area contributed by atoms with Crippen molar-refractivity contribution in [2.75, 3.05) is 6.61 Å². The predicted octanol–water partition coefficient (Wildman–Crippen LogP) is 5.81. The molecule has 1 aliphatic carbocycles. The van der Waals surface area contributed by atoms with E-state index in [9.17, 15) is 9.59 Å². The molecule has 4 rings (SSSR count). The first-order valence-corrected chi connectivity index (χ1v) is 11.9. The van der Waals surface area contributed by atoms with Gasteiger partial charge in [0.25, 0.3) is 0 Å². The maximum atomic E-state index is 13.6. The van der Waals surface area contributed by atoms with Crippen LogP contribution in [-0.2, 0) is 20.7 Å². The molecule has 1 N–H and O–H groups in total. The highest BCUT2D eigenvalue weighted by atomic mass is 16.5. The van der Waals surface area contributed by atoms with Crippen molar-refractivity contribution >= 4 is 11.8 Å². The number of ketones is 1. The second-order valence-electron chi connectivity index (χ2n) is 9.52. The van der Waals surface area contributed by atoms with Gasteiger partial charge in [0.2, 0.25) is 0 Å². The molecule has 0 saturated carbocycles. The summed E-state index contributed by atoms with van der Waals surface area (Å²) in [4.78, 5) is 26.8. The quantitative estimate of drug-likeness (QED) is 0.573. The molecular weight excluding hydrogens is 410 g/mol. The molecule has 4 nitrogen and oxygen atoms in total. The van der Waals surface area contributed by atoms with Crippen LogP contribution in [0, 0.1) is 5.92 Å². The van der Waals surface area contributed by atoms with Gasteiger partial charge in [0, 0.05) is 29.3 Å². The van der Waals surface area contributed by atoms with E-state index in [0.717, 1.165) is 29.8 Å². The third kappa shape index (κ3) is 4.80. The molecule has 2 aromatic carbocycles. The van der Waals surface area contributed by atoms with Crippen molar-refractivity contribution < 1.29 is 14.3 Å². The van der Waals surface area contributed by atoms with Gasteiger partial charge in [-0.1, -0.05) is 75.4 Å². The zero-order chi connectivity index (χ0) is 23.5. The fraction of sp³-hybridized carbons (Fsp3) is 0.379. The molecule has 2 aromatic rings. The van der Waals surface area contributed by atoms with Crippen LogP contribution in [0.4, 0.5) is 0 Å². The Kier molecular flexibility index (Phi) is 6.83. The highest BCUT2D eigenvalue weighted by Gasteiger charge is 2.41. The number of carbonyl (C=O) groups is 2. The summed E-state index contributed by atoms with van der Waals surface area (Å²) in [5.41, 5.74) is 6.33.